The lowest BCUT2D eigenvalue weighted by Crippen LogP contribution is -2.13. The zero-order valence-electron chi connectivity index (χ0n) is 12.6. The van der Waals surface area contributed by atoms with Gasteiger partial charge in [0.15, 0.2) is 0 Å². The van der Waals surface area contributed by atoms with Crippen LogP contribution in [0.3, 0.4) is 0 Å². The molecule has 0 heterocycles. The molecule has 0 radical (unpaired) electrons. The fraction of sp³-hybridized carbons (Fsp3) is 0.125. The van der Waals surface area contributed by atoms with Gasteiger partial charge in [0.05, 0.1) is 11.1 Å². The van der Waals surface area contributed by atoms with Gasteiger partial charge < -0.3 is 9.05 Å². The SMILES string of the molecule is CC(Cl)OP(=O)(OC(=O)c1ccccc1)OC(=O)c1ccccc1. The summed E-state index contributed by atoms with van der Waals surface area (Å²) in [6.45, 7) is 1.35. The lowest BCUT2D eigenvalue weighted by molar-refractivity contribution is 0.0506. The number of halogens is 1. The van der Waals surface area contributed by atoms with Gasteiger partial charge in [0.25, 0.3) is 0 Å². The molecule has 126 valence electrons. The van der Waals surface area contributed by atoms with Crippen molar-refractivity contribution in [3.05, 3.63) is 71.8 Å². The molecule has 24 heavy (non-hydrogen) atoms. The van der Waals surface area contributed by atoms with E-state index in [1.165, 1.54) is 31.2 Å². The molecule has 0 aliphatic rings. The Morgan fingerprint density at radius 1 is 0.875 bits per heavy atom. The molecule has 0 fully saturated rings. The van der Waals surface area contributed by atoms with Gasteiger partial charge in [0.1, 0.15) is 5.56 Å². The molecule has 0 saturated carbocycles. The zero-order valence-corrected chi connectivity index (χ0v) is 14.3. The Morgan fingerprint density at radius 3 is 1.58 bits per heavy atom. The second-order valence-corrected chi connectivity index (χ2v) is 6.67. The molecule has 0 N–H and O–H groups in total. The van der Waals surface area contributed by atoms with Crippen molar-refractivity contribution in [2.75, 3.05) is 0 Å². The van der Waals surface area contributed by atoms with Gasteiger partial charge in [0.2, 0.25) is 0 Å². The van der Waals surface area contributed by atoms with Crippen LogP contribution in [0, 0.1) is 0 Å². The number of hydrogen-bond acceptors (Lipinski definition) is 6. The van der Waals surface area contributed by atoms with Crippen molar-refractivity contribution in [3.63, 3.8) is 0 Å². The third kappa shape index (κ3) is 5.20. The van der Waals surface area contributed by atoms with Crippen molar-refractivity contribution in [1.29, 1.82) is 0 Å². The predicted molar refractivity (Wildman–Crippen MR) is 87.7 cm³/mol. The smallest absolute Gasteiger partial charge is 0.357 e. The molecule has 8 heteroatoms. The monoisotopic (exact) mass is 368 g/mol. The summed E-state index contributed by atoms with van der Waals surface area (Å²) in [5, 5.41) is 0. The Labute approximate surface area is 143 Å². The number of carbonyl (C=O) groups excluding carboxylic acids is 2. The van der Waals surface area contributed by atoms with Crippen molar-refractivity contribution in [2.45, 2.75) is 12.5 Å². The van der Waals surface area contributed by atoms with E-state index in [1.54, 1.807) is 36.4 Å². The zero-order chi connectivity index (χ0) is 17.6. The van der Waals surface area contributed by atoms with E-state index in [1.807, 2.05) is 0 Å². The number of phosphoric acid groups is 1. The Bertz CT molecular complexity index is 690. The lowest BCUT2D eigenvalue weighted by Gasteiger charge is -2.18. The fourth-order valence-electron chi connectivity index (χ4n) is 1.70. The topological polar surface area (TPSA) is 78.9 Å². The summed E-state index contributed by atoms with van der Waals surface area (Å²) in [6, 6.07) is 15.6. The summed E-state index contributed by atoms with van der Waals surface area (Å²) in [7, 11) is -4.55. The summed E-state index contributed by atoms with van der Waals surface area (Å²) in [5.74, 6) is -1.92. The molecule has 2 aromatic carbocycles. The van der Waals surface area contributed by atoms with Crippen molar-refractivity contribution >= 4 is 31.4 Å². The van der Waals surface area contributed by atoms with E-state index in [0.29, 0.717) is 0 Å². The summed E-state index contributed by atoms with van der Waals surface area (Å²) in [4.78, 5) is 24.1. The van der Waals surface area contributed by atoms with Gasteiger partial charge in [-0.15, -0.1) is 0 Å². The third-order valence-electron chi connectivity index (χ3n) is 2.68. The highest BCUT2D eigenvalue weighted by Gasteiger charge is 2.37. The first-order valence-electron chi connectivity index (χ1n) is 6.90. The minimum Gasteiger partial charge on any atom is -0.357 e. The maximum atomic E-state index is 12.6. The van der Waals surface area contributed by atoms with Crippen LogP contribution in [0.25, 0.3) is 0 Å². The molecule has 0 bridgehead atoms. The maximum absolute atomic E-state index is 12.6. The first-order chi connectivity index (χ1) is 11.4. The van der Waals surface area contributed by atoms with Crippen molar-refractivity contribution < 1.29 is 27.7 Å². The van der Waals surface area contributed by atoms with E-state index >= 15 is 0 Å². The van der Waals surface area contributed by atoms with E-state index in [9.17, 15) is 14.2 Å². The lowest BCUT2D eigenvalue weighted by atomic mass is 10.2. The van der Waals surface area contributed by atoms with E-state index < -0.39 is 25.3 Å². The molecule has 0 spiro atoms. The van der Waals surface area contributed by atoms with Crippen LogP contribution in [0.2, 0.25) is 0 Å². The van der Waals surface area contributed by atoms with Crippen LogP contribution < -0.4 is 0 Å². The summed E-state index contributed by atoms with van der Waals surface area (Å²) in [5.41, 5.74) is -0.860. The minimum absolute atomic E-state index is 0.124. The molecule has 2 rings (SSSR count). The van der Waals surface area contributed by atoms with Crippen molar-refractivity contribution in [3.8, 4) is 0 Å². The number of benzene rings is 2. The molecule has 0 amide bonds. The van der Waals surface area contributed by atoms with Crippen LogP contribution in [0.1, 0.15) is 27.6 Å². The Morgan fingerprint density at radius 2 is 1.25 bits per heavy atom. The van der Waals surface area contributed by atoms with Crippen molar-refractivity contribution in [2.24, 2.45) is 0 Å². The molecule has 6 nitrogen and oxygen atoms in total. The van der Waals surface area contributed by atoms with Crippen molar-refractivity contribution in [1.82, 2.24) is 0 Å². The summed E-state index contributed by atoms with van der Waals surface area (Å²) >= 11 is 5.64. The molecule has 0 aliphatic carbocycles. The summed E-state index contributed by atoms with van der Waals surface area (Å²) < 4.78 is 27.0. The standard InChI is InChI=1S/C16H14ClO6P/c1-12(17)21-24(20,22-15(18)13-8-4-2-5-9-13)23-16(19)14-10-6-3-7-11-14/h2-12H,1H3. The van der Waals surface area contributed by atoms with Gasteiger partial charge in [-0.05, 0) is 31.2 Å². The largest absolute Gasteiger partial charge is 0.593 e. The molecule has 0 saturated heterocycles. The molecule has 1 unspecified atom stereocenters. The molecular weight excluding hydrogens is 355 g/mol. The Balaban J connectivity index is 2.18. The quantitative estimate of drug-likeness (QED) is 0.555. The predicted octanol–water partition coefficient (Wildman–Crippen LogP) is 4.41. The summed E-state index contributed by atoms with van der Waals surface area (Å²) in [6.07, 6.45) is 0. The van der Waals surface area contributed by atoms with Crippen LogP contribution in [0.4, 0.5) is 0 Å². The normalized spacial score (nSPS) is 12.2. The number of carbonyl (C=O) groups is 2. The second-order valence-electron chi connectivity index (χ2n) is 4.59. The Hall–Kier alpha value is -2.14. The maximum Gasteiger partial charge on any atom is 0.593 e. The highest BCUT2D eigenvalue weighted by atomic mass is 35.5. The van der Waals surface area contributed by atoms with Gasteiger partial charge in [0, 0.05) is 0 Å². The molecule has 0 aliphatic heterocycles. The van der Waals surface area contributed by atoms with E-state index in [4.69, 9.17) is 25.2 Å². The van der Waals surface area contributed by atoms with Gasteiger partial charge in [-0.25, -0.2) is 18.7 Å². The minimum atomic E-state index is -4.55. The van der Waals surface area contributed by atoms with Crippen LogP contribution in [-0.4, -0.2) is 17.5 Å². The Kier molecular flexibility index (Phi) is 6.15. The van der Waals surface area contributed by atoms with Crippen LogP contribution in [0.5, 0.6) is 0 Å². The highest BCUT2D eigenvalue weighted by molar-refractivity contribution is 7.49. The number of phosphoric ester groups is 1. The first-order valence-corrected chi connectivity index (χ1v) is 8.80. The number of hydrogen-bond donors (Lipinski definition) is 0. The molecular formula is C16H14ClO6P. The third-order valence-corrected chi connectivity index (χ3v) is 4.25. The number of rotatable bonds is 6. The van der Waals surface area contributed by atoms with E-state index in [0.717, 1.165) is 0 Å². The second kappa shape index (κ2) is 8.11. The van der Waals surface area contributed by atoms with Crippen LogP contribution in [-0.2, 0) is 18.1 Å². The number of alkyl halides is 1. The van der Waals surface area contributed by atoms with Gasteiger partial charge in [-0.1, -0.05) is 48.0 Å². The van der Waals surface area contributed by atoms with E-state index in [2.05, 4.69) is 0 Å². The van der Waals surface area contributed by atoms with Crippen LogP contribution in [0.15, 0.2) is 60.7 Å². The van der Waals surface area contributed by atoms with Gasteiger partial charge >= 0.3 is 19.8 Å². The highest BCUT2D eigenvalue weighted by Crippen LogP contribution is 2.52. The van der Waals surface area contributed by atoms with Crippen LogP contribution >= 0.6 is 19.4 Å². The van der Waals surface area contributed by atoms with E-state index in [-0.39, 0.29) is 11.1 Å². The average Bonchev–Trinajstić information content (AvgIpc) is 2.55. The average molecular weight is 369 g/mol. The van der Waals surface area contributed by atoms with Gasteiger partial charge in [-0.3, -0.25) is 0 Å². The van der Waals surface area contributed by atoms with Gasteiger partial charge in [-0.2, -0.15) is 0 Å². The molecule has 0 aromatic heterocycles. The molecule has 1 atom stereocenters. The first kappa shape index (κ1) is 18.2. The fourth-order valence-corrected chi connectivity index (χ4v) is 3.09. The molecule has 2 aromatic rings.